The summed E-state index contributed by atoms with van der Waals surface area (Å²) in [5, 5.41) is 8.29. The smallest absolute Gasteiger partial charge is 0.115 e. The maximum absolute atomic E-state index is 6.03. The first-order chi connectivity index (χ1) is 8.74. The monoisotopic (exact) mass is 264 g/mol. The number of nitrogens with two attached hydrogens (primary N) is 1. The van der Waals surface area contributed by atoms with Gasteiger partial charge in [-0.2, -0.15) is 5.10 Å². The van der Waals surface area contributed by atoms with Gasteiger partial charge >= 0.3 is 0 Å². The largest absolute Gasteiger partial charge is 0.384 e. The molecule has 0 atom stereocenters. The zero-order valence-electron chi connectivity index (χ0n) is 10.2. The Morgan fingerprint density at radius 1 is 1.39 bits per heavy atom. The molecule has 1 aliphatic carbocycles. The minimum Gasteiger partial charge on any atom is -0.384 e. The summed E-state index contributed by atoms with van der Waals surface area (Å²) in [6.45, 7) is 0.684. The fourth-order valence-corrected chi connectivity index (χ4v) is 2.80. The first kappa shape index (κ1) is 11.7. The molecule has 0 radical (unpaired) electrons. The van der Waals surface area contributed by atoms with Crippen LogP contribution in [0.25, 0.3) is 5.57 Å². The minimum atomic E-state index is 0.538. The molecule has 4 nitrogen and oxygen atoms in total. The van der Waals surface area contributed by atoms with Gasteiger partial charge in [0.15, 0.2) is 0 Å². The molecule has 0 unspecified atom stereocenters. The van der Waals surface area contributed by atoms with Gasteiger partial charge in [-0.1, -0.05) is 24.4 Å². The molecule has 0 bridgehead atoms. The SMILES string of the molecule is NC1=C(Cl)C=C(c2ccn(C3CCCC3)n2)CN1. The molecule has 5 heteroatoms. The number of hydrogen-bond donors (Lipinski definition) is 2. The lowest BCUT2D eigenvalue weighted by molar-refractivity contribution is 0.466. The van der Waals surface area contributed by atoms with Crippen LogP contribution in [0.15, 0.2) is 29.2 Å². The van der Waals surface area contributed by atoms with E-state index in [0.29, 0.717) is 23.4 Å². The maximum Gasteiger partial charge on any atom is 0.115 e. The van der Waals surface area contributed by atoms with Crippen molar-refractivity contribution in [1.82, 2.24) is 15.1 Å². The molecule has 1 aliphatic heterocycles. The predicted molar refractivity (Wildman–Crippen MR) is 72.8 cm³/mol. The van der Waals surface area contributed by atoms with E-state index in [1.165, 1.54) is 25.7 Å². The van der Waals surface area contributed by atoms with E-state index >= 15 is 0 Å². The highest BCUT2D eigenvalue weighted by atomic mass is 35.5. The number of dihydropyridines is 1. The van der Waals surface area contributed by atoms with E-state index in [1.54, 1.807) is 0 Å². The van der Waals surface area contributed by atoms with Crippen LogP contribution in [0.1, 0.15) is 37.4 Å². The van der Waals surface area contributed by atoms with E-state index in [0.717, 1.165) is 11.3 Å². The van der Waals surface area contributed by atoms with E-state index in [4.69, 9.17) is 17.3 Å². The van der Waals surface area contributed by atoms with E-state index in [2.05, 4.69) is 27.4 Å². The Kier molecular flexibility index (Phi) is 3.04. The molecule has 2 aliphatic rings. The Bertz CT molecular complexity index is 509. The van der Waals surface area contributed by atoms with Crippen molar-refractivity contribution in [2.24, 2.45) is 5.73 Å². The Hall–Kier alpha value is -1.42. The average molecular weight is 265 g/mol. The number of halogens is 1. The predicted octanol–water partition coefficient (Wildman–Crippen LogP) is 2.35. The highest BCUT2D eigenvalue weighted by molar-refractivity contribution is 6.32. The molecule has 0 spiro atoms. The molecule has 1 fully saturated rings. The van der Waals surface area contributed by atoms with Crippen LogP contribution in [0.3, 0.4) is 0 Å². The van der Waals surface area contributed by atoms with Crippen LogP contribution in [-0.2, 0) is 0 Å². The first-order valence-corrected chi connectivity index (χ1v) is 6.77. The molecule has 0 aromatic carbocycles. The van der Waals surface area contributed by atoms with Crippen LogP contribution in [0.5, 0.6) is 0 Å². The Balaban J connectivity index is 1.83. The van der Waals surface area contributed by atoms with Gasteiger partial charge in [-0.3, -0.25) is 4.68 Å². The summed E-state index contributed by atoms with van der Waals surface area (Å²) in [5.41, 5.74) is 7.76. The van der Waals surface area contributed by atoms with E-state index in [-0.39, 0.29) is 0 Å². The lowest BCUT2D eigenvalue weighted by Crippen LogP contribution is -2.26. The van der Waals surface area contributed by atoms with Crippen molar-refractivity contribution in [3.8, 4) is 0 Å². The van der Waals surface area contributed by atoms with Crippen molar-refractivity contribution in [2.75, 3.05) is 6.54 Å². The van der Waals surface area contributed by atoms with Gasteiger partial charge in [0.2, 0.25) is 0 Å². The first-order valence-electron chi connectivity index (χ1n) is 6.39. The minimum absolute atomic E-state index is 0.538. The van der Waals surface area contributed by atoms with E-state index in [1.807, 2.05) is 6.08 Å². The quantitative estimate of drug-likeness (QED) is 0.862. The van der Waals surface area contributed by atoms with Crippen LogP contribution in [0.4, 0.5) is 0 Å². The van der Waals surface area contributed by atoms with Crippen molar-refractivity contribution >= 4 is 17.2 Å². The van der Waals surface area contributed by atoms with Gasteiger partial charge in [0.05, 0.1) is 16.8 Å². The van der Waals surface area contributed by atoms with Crippen molar-refractivity contribution in [3.63, 3.8) is 0 Å². The number of nitrogens with zero attached hydrogens (tertiary/aromatic N) is 2. The molecule has 0 saturated heterocycles. The summed E-state index contributed by atoms with van der Waals surface area (Å²) >= 11 is 6.03. The second-order valence-corrected chi connectivity index (χ2v) is 5.31. The fraction of sp³-hybridized carbons (Fsp3) is 0.462. The summed E-state index contributed by atoms with van der Waals surface area (Å²) in [5.74, 6) is 0.538. The molecule has 0 amide bonds. The van der Waals surface area contributed by atoms with Crippen LogP contribution >= 0.6 is 11.6 Å². The zero-order valence-corrected chi connectivity index (χ0v) is 11.0. The fourth-order valence-electron chi connectivity index (χ4n) is 2.60. The second-order valence-electron chi connectivity index (χ2n) is 4.90. The highest BCUT2D eigenvalue weighted by Crippen LogP contribution is 2.29. The van der Waals surface area contributed by atoms with Gasteiger partial charge in [-0.05, 0) is 25.0 Å². The third-order valence-electron chi connectivity index (χ3n) is 3.66. The van der Waals surface area contributed by atoms with Crippen LogP contribution in [0, 0.1) is 0 Å². The van der Waals surface area contributed by atoms with Gasteiger partial charge in [0.25, 0.3) is 0 Å². The third kappa shape index (κ3) is 2.12. The van der Waals surface area contributed by atoms with E-state index in [9.17, 15) is 0 Å². The van der Waals surface area contributed by atoms with Crippen molar-refractivity contribution in [1.29, 1.82) is 0 Å². The second kappa shape index (κ2) is 4.69. The van der Waals surface area contributed by atoms with Crippen LogP contribution < -0.4 is 11.1 Å². The summed E-state index contributed by atoms with van der Waals surface area (Å²) in [6.07, 6.45) is 9.08. The molecule has 2 heterocycles. The number of aromatic nitrogens is 2. The third-order valence-corrected chi connectivity index (χ3v) is 3.98. The van der Waals surface area contributed by atoms with Crippen LogP contribution in [0.2, 0.25) is 0 Å². The normalized spacial score (nSPS) is 21.1. The Morgan fingerprint density at radius 3 is 2.89 bits per heavy atom. The molecule has 1 saturated carbocycles. The van der Waals surface area contributed by atoms with Crippen molar-refractivity contribution < 1.29 is 0 Å². The average Bonchev–Trinajstić information content (AvgIpc) is 3.01. The molecular weight excluding hydrogens is 248 g/mol. The summed E-state index contributed by atoms with van der Waals surface area (Å²) in [6, 6.07) is 2.63. The van der Waals surface area contributed by atoms with Crippen LogP contribution in [-0.4, -0.2) is 16.3 Å². The van der Waals surface area contributed by atoms with Crippen molar-refractivity contribution in [3.05, 3.63) is 34.9 Å². The van der Waals surface area contributed by atoms with E-state index < -0.39 is 0 Å². The summed E-state index contributed by atoms with van der Waals surface area (Å²) < 4.78 is 2.10. The lowest BCUT2D eigenvalue weighted by atomic mass is 10.1. The molecule has 3 N–H and O–H groups in total. The number of nitrogens with one attached hydrogen (secondary N) is 1. The molecule has 18 heavy (non-hydrogen) atoms. The Morgan fingerprint density at radius 2 is 2.17 bits per heavy atom. The van der Waals surface area contributed by atoms with Gasteiger partial charge < -0.3 is 11.1 Å². The number of hydrogen-bond acceptors (Lipinski definition) is 3. The van der Waals surface area contributed by atoms with Gasteiger partial charge in [0, 0.05) is 18.3 Å². The topological polar surface area (TPSA) is 55.9 Å². The van der Waals surface area contributed by atoms with Crippen molar-refractivity contribution in [2.45, 2.75) is 31.7 Å². The summed E-state index contributed by atoms with van der Waals surface area (Å²) in [7, 11) is 0. The van der Waals surface area contributed by atoms with Gasteiger partial charge in [-0.15, -0.1) is 0 Å². The molecule has 1 aromatic rings. The molecule has 96 valence electrons. The number of allylic oxidation sites excluding steroid dienone is 2. The standard InChI is InChI=1S/C13H17ClN4/c14-11-7-9(8-16-13(11)15)12-5-6-18(17-12)10-3-1-2-4-10/h5-7,10,16H,1-4,8,15H2. The number of rotatable bonds is 2. The van der Waals surface area contributed by atoms with Gasteiger partial charge in [0.1, 0.15) is 5.82 Å². The molecule has 3 rings (SSSR count). The Labute approximate surface area is 111 Å². The highest BCUT2D eigenvalue weighted by Gasteiger charge is 2.19. The van der Waals surface area contributed by atoms with Gasteiger partial charge in [-0.25, -0.2) is 0 Å². The summed E-state index contributed by atoms with van der Waals surface area (Å²) in [4.78, 5) is 0. The lowest BCUT2D eigenvalue weighted by Gasteiger charge is -2.15. The maximum atomic E-state index is 6.03. The molecular formula is C13H17ClN4. The zero-order chi connectivity index (χ0) is 12.5. The molecule has 1 aromatic heterocycles.